The number of carbonyl (C=O) groups is 1. The number of likely N-dealkylation sites (N-methyl/N-ethyl adjacent to an activating group) is 1. The monoisotopic (exact) mass is 249 g/mol. The third-order valence-electron chi connectivity index (χ3n) is 2.35. The van der Waals surface area contributed by atoms with Crippen LogP contribution in [-0.4, -0.2) is 24.2 Å². The number of benzene rings is 1. The lowest BCUT2D eigenvalue weighted by Gasteiger charge is -2.14. The smallest absolute Gasteiger partial charge is 0.328 e. The summed E-state index contributed by atoms with van der Waals surface area (Å²) in [6.07, 6.45) is 2.89. The molecule has 4 heteroatoms. The highest BCUT2D eigenvalue weighted by molar-refractivity contribution is 5.79. The quantitative estimate of drug-likeness (QED) is 0.760. The Morgan fingerprint density at radius 1 is 1.33 bits per heavy atom. The fourth-order valence-corrected chi connectivity index (χ4v) is 1.58. The summed E-state index contributed by atoms with van der Waals surface area (Å²) in [7, 11) is 1.79. The molecule has 0 saturated carbocycles. The second-order valence-electron chi connectivity index (χ2n) is 4.20. The fourth-order valence-electron chi connectivity index (χ4n) is 1.58. The highest BCUT2D eigenvalue weighted by Crippen LogP contribution is 2.19. The lowest BCUT2D eigenvalue weighted by atomic mass is 10.1. The van der Waals surface area contributed by atoms with Crippen LogP contribution in [0, 0.1) is 0 Å². The Morgan fingerprint density at radius 3 is 2.39 bits per heavy atom. The minimum Gasteiger partial charge on any atom is -0.491 e. The van der Waals surface area contributed by atoms with E-state index in [1.165, 1.54) is 0 Å². The van der Waals surface area contributed by atoms with Crippen LogP contribution in [0.25, 0.3) is 0 Å². The molecule has 0 aliphatic rings. The van der Waals surface area contributed by atoms with Crippen molar-refractivity contribution in [3.05, 3.63) is 42.0 Å². The maximum atomic E-state index is 10.5. The van der Waals surface area contributed by atoms with Gasteiger partial charge in [0.05, 0.1) is 12.1 Å². The molecule has 98 valence electrons. The van der Waals surface area contributed by atoms with E-state index in [1.54, 1.807) is 13.1 Å². The Balaban J connectivity index is 2.78. The molecule has 0 bridgehead atoms. The van der Waals surface area contributed by atoms with Crippen molar-refractivity contribution in [2.24, 2.45) is 0 Å². The van der Waals surface area contributed by atoms with Gasteiger partial charge in [-0.2, -0.15) is 0 Å². The highest BCUT2D eigenvalue weighted by atomic mass is 16.5. The molecule has 0 amide bonds. The first-order valence-corrected chi connectivity index (χ1v) is 5.88. The Hall–Kier alpha value is -1.81. The molecular formula is C14H19NO3. The largest absolute Gasteiger partial charge is 0.491 e. The standard InChI is InChI=1S/C14H19NO3/c1-10(2)18-12-6-4-11(5-7-12)13(15-3)8-9-14(16)17/h4-10,13,15H,1-3H3,(H,16,17)/b9-8+. The average Bonchev–Trinajstić information content (AvgIpc) is 2.31. The molecular weight excluding hydrogens is 230 g/mol. The summed E-state index contributed by atoms with van der Waals surface area (Å²) in [4.78, 5) is 10.5. The van der Waals surface area contributed by atoms with E-state index in [-0.39, 0.29) is 12.1 Å². The Morgan fingerprint density at radius 2 is 1.94 bits per heavy atom. The van der Waals surface area contributed by atoms with Crippen molar-refractivity contribution in [2.45, 2.75) is 26.0 Å². The van der Waals surface area contributed by atoms with Gasteiger partial charge in [-0.05, 0) is 38.6 Å². The van der Waals surface area contributed by atoms with Crippen LogP contribution in [-0.2, 0) is 4.79 Å². The summed E-state index contributed by atoms with van der Waals surface area (Å²) in [5.74, 6) is -0.138. The van der Waals surface area contributed by atoms with Crippen LogP contribution in [0.4, 0.5) is 0 Å². The fraction of sp³-hybridized carbons (Fsp3) is 0.357. The zero-order valence-corrected chi connectivity index (χ0v) is 10.9. The molecule has 2 N–H and O–H groups in total. The first-order valence-electron chi connectivity index (χ1n) is 5.88. The number of hydrogen-bond donors (Lipinski definition) is 2. The van der Waals surface area contributed by atoms with Crippen LogP contribution in [0.5, 0.6) is 5.75 Å². The lowest BCUT2D eigenvalue weighted by molar-refractivity contribution is -0.131. The second kappa shape index (κ2) is 6.81. The summed E-state index contributed by atoms with van der Waals surface area (Å²) < 4.78 is 5.55. The van der Waals surface area contributed by atoms with Crippen molar-refractivity contribution in [1.82, 2.24) is 5.32 Å². The second-order valence-corrected chi connectivity index (χ2v) is 4.20. The van der Waals surface area contributed by atoms with E-state index in [0.717, 1.165) is 17.4 Å². The Labute approximate surface area is 107 Å². The molecule has 1 atom stereocenters. The highest BCUT2D eigenvalue weighted by Gasteiger charge is 2.06. The molecule has 1 aromatic rings. The maximum absolute atomic E-state index is 10.5. The molecule has 0 fully saturated rings. The topological polar surface area (TPSA) is 58.6 Å². The van der Waals surface area contributed by atoms with E-state index in [1.807, 2.05) is 38.1 Å². The summed E-state index contributed by atoms with van der Waals surface area (Å²) in [6.45, 7) is 3.94. The van der Waals surface area contributed by atoms with Crippen LogP contribution in [0.3, 0.4) is 0 Å². The Bertz CT molecular complexity index is 410. The number of aliphatic carboxylic acids is 1. The molecule has 0 spiro atoms. The average molecular weight is 249 g/mol. The summed E-state index contributed by atoms with van der Waals surface area (Å²) in [5.41, 5.74) is 0.992. The molecule has 1 unspecified atom stereocenters. The van der Waals surface area contributed by atoms with Crippen molar-refractivity contribution in [1.29, 1.82) is 0 Å². The first kappa shape index (κ1) is 14.3. The number of hydrogen-bond acceptors (Lipinski definition) is 3. The Kier molecular flexibility index (Phi) is 5.39. The molecule has 0 saturated heterocycles. The predicted molar refractivity (Wildman–Crippen MR) is 70.8 cm³/mol. The van der Waals surface area contributed by atoms with Crippen molar-refractivity contribution in [3.63, 3.8) is 0 Å². The molecule has 0 aromatic heterocycles. The molecule has 0 heterocycles. The molecule has 1 aromatic carbocycles. The molecule has 0 aliphatic carbocycles. The van der Waals surface area contributed by atoms with Gasteiger partial charge in [0.1, 0.15) is 5.75 Å². The number of carboxylic acids is 1. The normalized spacial score (nSPS) is 12.9. The van der Waals surface area contributed by atoms with Crippen LogP contribution in [0.2, 0.25) is 0 Å². The number of rotatable bonds is 6. The minimum atomic E-state index is -0.949. The van der Waals surface area contributed by atoms with Crippen LogP contribution in [0.1, 0.15) is 25.5 Å². The minimum absolute atomic E-state index is 0.116. The SMILES string of the molecule is CNC(/C=C/C(=O)O)c1ccc(OC(C)C)cc1. The van der Waals surface area contributed by atoms with E-state index in [2.05, 4.69) is 5.32 Å². The predicted octanol–water partition coefficient (Wildman–Crippen LogP) is 2.38. The maximum Gasteiger partial charge on any atom is 0.328 e. The summed E-state index contributed by atoms with van der Waals surface area (Å²) in [5, 5.41) is 11.7. The summed E-state index contributed by atoms with van der Waals surface area (Å²) >= 11 is 0. The lowest BCUT2D eigenvalue weighted by Crippen LogP contribution is -2.14. The van der Waals surface area contributed by atoms with Gasteiger partial charge in [0.25, 0.3) is 0 Å². The summed E-state index contributed by atoms with van der Waals surface area (Å²) in [6, 6.07) is 7.49. The zero-order chi connectivity index (χ0) is 13.5. The van der Waals surface area contributed by atoms with Gasteiger partial charge >= 0.3 is 5.97 Å². The van der Waals surface area contributed by atoms with Gasteiger partial charge in [-0.15, -0.1) is 0 Å². The molecule has 0 radical (unpaired) electrons. The van der Waals surface area contributed by atoms with Crippen molar-refractivity contribution in [2.75, 3.05) is 7.05 Å². The van der Waals surface area contributed by atoms with Crippen LogP contribution < -0.4 is 10.1 Å². The van der Waals surface area contributed by atoms with E-state index >= 15 is 0 Å². The number of ether oxygens (including phenoxy) is 1. The first-order chi connectivity index (χ1) is 8.52. The van der Waals surface area contributed by atoms with Gasteiger partial charge in [-0.3, -0.25) is 0 Å². The third kappa shape index (κ3) is 4.59. The molecule has 0 aliphatic heterocycles. The van der Waals surface area contributed by atoms with Gasteiger partial charge < -0.3 is 15.2 Å². The van der Waals surface area contributed by atoms with Gasteiger partial charge in [-0.1, -0.05) is 18.2 Å². The number of nitrogens with one attached hydrogen (secondary N) is 1. The molecule has 1 rings (SSSR count). The van der Waals surface area contributed by atoms with Crippen LogP contribution >= 0.6 is 0 Å². The van der Waals surface area contributed by atoms with Crippen molar-refractivity contribution >= 4 is 5.97 Å². The van der Waals surface area contributed by atoms with E-state index in [4.69, 9.17) is 9.84 Å². The number of carboxylic acid groups (broad SMARTS) is 1. The van der Waals surface area contributed by atoms with Crippen LogP contribution in [0.15, 0.2) is 36.4 Å². The molecule has 4 nitrogen and oxygen atoms in total. The van der Waals surface area contributed by atoms with Gasteiger partial charge in [0.15, 0.2) is 0 Å². The van der Waals surface area contributed by atoms with Gasteiger partial charge in [-0.25, -0.2) is 4.79 Å². The van der Waals surface area contributed by atoms with Gasteiger partial charge in [0, 0.05) is 6.08 Å². The van der Waals surface area contributed by atoms with E-state index in [9.17, 15) is 4.79 Å². The van der Waals surface area contributed by atoms with Crippen molar-refractivity contribution in [3.8, 4) is 5.75 Å². The van der Waals surface area contributed by atoms with E-state index < -0.39 is 5.97 Å². The van der Waals surface area contributed by atoms with Gasteiger partial charge in [0.2, 0.25) is 0 Å². The molecule has 18 heavy (non-hydrogen) atoms. The zero-order valence-electron chi connectivity index (χ0n) is 10.9. The third-order valence-corrected chi connectivity index (χ3v) is 2.35. The van der Waals surface area contributed by atoms with E-state index in [0.29, 0.717) is 0 Å². The van der Waals surface area contributed by atoms with Crippen molar-refractivity contribution < 1.29 is 14.6 Å².